The van der Waals surface area contributed by atoms with Gasteiger partial charge in [-0.25, -0.2) is 4.98 Å². The molecule has 1 saturated carbocycles. The maximum absolute atomic E-state index is 13.5. The number of alkyl halides is 3. The largest absolute Gasteiger partial charge is 0.417 e. The van der Waals surface area contributed by atoms with Crippen molar-refractivity contribution in [1.29, 1.82) is 0 Å². The number of aliphatic hydroxyl groups is 1. The maximum atomic E-state index is 13.5. The van der Waals surface area contributed by atoms with Crippen LogP contribution in [-0.4, -0.2) is 38.5 Å². The minimum atomic E-state index is -4.47. The fourth-order valence-electron chi connectivity index (χ4n) is 4.45. The first-order chi connectivity index (χ1) is 16.1. The minimum Gasteiger partial charge on any atom is -0.393 e. The Balaban J connectivity index is 1.62. The van der Waals surface area contributed by atoms with Gasteiger partial charge in [-0.3, -0.25) is 9.78 Å². The Hall–Kier alpha value is -3.20. The highest BCUT2D eigenvalue weighted by atomic mass is 19.4. The molecule has 0 saturated heterocycles. The van der Waals surface area contributed by atoms with Crippen LogP contribution in [0.15, 0.2) is 42.6 Å². The average molecular weight is 473 g/mol. The number of benzene rings is 1. The number of nitrogens with zero attached hydrogens (tertiary/aromatic N) is 3. The normalized spacial score (nSPS) is 18.7. The molecule has 1 aliphatic rings. The second-order valence-corrected chi connectivity index (χ2v) is 9.01. The van der Waals surface area contributed by atoms with E-state index in [0.29, 0.717) is 35.6 Å². The van der Waals surface area contributed by atoms with Crippen molar-refractivity contribution in [1.82, 2.24) is 14.9 Å². The molecular formula is C25H27F3N4O2. The molecule has 1 amide bonds. The molecule has 1 aromatic carbocycles. The summed E-state index contributed by atoms with van der Waals surface area (Å²) in [7, 11) is 0. The van der Waals surface area contributed by atoms with Crippen molar-refractivity contribution in [2.24, 2.45) is 5.92 Å². The van der Waals surface area contributed by atoms with Crippen LogP contribution in [0, 0.1) is 12.8 Å². The van der Waals surface area contributed by atoms with Gasteiger partial charge in [0.15, 0.2) is 0 Å². The van der Waals surface area contributed by atoms with Gasteiger partial charge in [-0.1, -0.05) is 6.42 Å². The van der Waals surface area contributed by atoms with Crippen molar-refractivity contribution in [3.05, 3.63) is 65.0 Å². The van der Waals surface area contributed by atoms with Gasteiger partial charge in [-0.15, -0.1) is 0 Å². The van der Waals surface area contributed by atoms with E-state index in [9.17, 15) is 23.1 Å². The van der Waals surface area contributed by atoms with E-state index in [4.69, 9.17) is 5.73 Å². The van der Waals surface area contributed by atoms with Gasteiger partial charge >= 0.3 is 6.18 Å². The van der Waals surface area contributed by atoms with Gasteiger partial charge in [-0.05, 0) is 74.1 Å². The number of amides is 1. The summed E-state index contributed by atoms with van der Waals surface area (Å²) >= 11 is 0. The molecular weight excluding hydrogens is 445 g/mol. The highest BCUT2D eigenvalue weighted by Crippen LogP contribution is 2.29. The number of nitrogen functional groups attached to an aromatic ring is 1. The molecule has 4 rings (SSSR count). The number of aliphatic hydroxyl groups excluding tert-OH is 1. The maximum Gasteiger partial charge on any atom is 0.417 e. The highest BCUT2D eigenvalue weighted by molar-refractivity contribution is 5.98. The Morgan fingerprint density at radius 3 is 2.68 bits per heavy atom. The molecule has 6 nitrogen and oxygen atoms in total. The van der Waals surface area contributed by atoms with E-state index in [1.165, 1.54) is 6.07 Å². The van der Waals surface area contributed by atoms with Crippen molar-refractivity contribution >= 4 is 22.6 Å². The molecule has 3 aromatic rings. The zero-order chi connectivity index (χ0) is 24.5. The molecule has 1 fully saturated rings. The zero-order valence-electron chi connectivity index (χ0n) is 18.8. The molecule has 0 unspecified atom stereocenters. The summed E-state index contributed by atoms with van der Waals surface area (Å²) in [5.74, 6) is 0.280. The molecule has 2 atom stereocenters. The molecule has 34 heavy (non-hydrogen) atoms. The molecule has 3 N–H and O–H groups in total. The molecule has 2 heterocycles. The van der Waals surface area contributed by atoms with E-state index in [-0.39, 0.29) is 18.4 Å². The predicted octanol–water partition coefficient (Wildman–Crippen LogP) is 4.73. The lowest BCUT2D eigenvalue weighted by Gasteiger charge is -2.31. The number of hydrogen-bond acceptors (Lipinski definition) is 5. The second kappa shape index (κ2) is 9.58. The third-order valence-electron chi connectivity index (χ3n) is 6.32. The Morgan fingerprint density at radius 2 is 2.00 bits per heavy atom. The summed E-state index contributed by atoms with van der Waals surface area (Å²) in [4.78, 5) is 23.4. The van der Waals surface area contributed by atoms with Gasteiger partial charge in [0, 0.05) is 23.7 Å². The molecule has 0 bridgehead atoms. The van der Waals surface area contributed by atoms with E-state index >= 15 is 0 Å². The van der Waals surface area contributed by atoms with Gasteiger partial charge in [-0.2, -0.15) is 13.2 Å². The monoisotopic (exact) mass is 472 g/mol. The third-order valence-corrected chi connectivity index (χ3v) is 6.32. The van der Waals surface area contributed by atoms with E-state index in [1.807, 2.05) is 13.0 Å². The van der Waals surface area contributed by atoms with Crippen LogP contribution in [0.2, 0.25) is 0 Å². The summed E-state index contributed by atoms with van der Waals surface area (Å²) in [6.07, 6.45) is -1.01. The first-order valence-corrected chi connectivity index (χ1v) is 11.3. The van der Waals surface area contributed by atoms with Crippen LogP contribution in [0.25, 0.3) is 10.9 Å². The van der Waals surface area contributed by atoms with Gasteiger partial charge in [0.1, 0.15) is 5.82 Å². The van der Waals surface area contributed by atoms with Gasteiger partial charge in [0.2, 0.25) is 0 Å². The Kier molecular flexibility index (Phi) is 6.74. The van der Waals surface area contributed by atoms with Crippen LogP contribution in [0.5, 0.6) is 0 Å². The summed E-state index contributed by atoms with van der Waals surface area (Å²) < 4.78 is 38.8. The molecule has 9 heteroatoms. The number of halogens is 3. The predicted molar refractivity (Wildman–Crippen MR) is 123 cm³/mol. The standard InChI is InChI=1S/C25H27F3N4O2/c1-15-9-18-11-17(5-8-22(18)31-23(15)29)24(34)32(13-16-3-2-4-21(33)10-16)14-20-7-6-19(12-30-20)25(26,27)28/h5-9,11-12,16,21,33H,2-4,10,13-14H2,1H3,(H2,29,31)/t16-,21+/m1/s1. The van der Waals surface area contributed by atoms with E-state index in [0.717, 1.165) is 42.5 Å². The lowest BCUT2D eigenvalue weighted by Crippen LogP contribution is -2.37. The smallest absolute Gasteiger partial charge is 0.393 e. The fraction of sp³-hybridized carbons (Fsp3) is 0.400. The van der Waals surface area contributed by atoms with Crippen molar-refractivity contribution in [2.75, 3.05) is 12.3 Å². The van der Waals surface area contributed by atoms with Crippen molar-refractivity contribution in [3.63, 3.8) is 0 Å². The summed E-state index contributed by atoms with van der Waals surface area (Å²) in [6, 6.07) is 9.31. The SMILES string of the molecule is Cc1cc2cc(C(=O)N(Cc3ccc(C(F)(F)F)cn3)C[C@@H]3CCC[C@H](O)C3)ccc2nc1N. The van der Waals surface area contributed by atoms with Gasteiger partial charge in [0.25, 0.3) is 5.91 Å². The van der Waals surface area contributed by atoms with Crippen LogP contribution in [0.4, 0.5) is 19.0 Å². The van der Waals surface area contributed by atoms with Crippen LogP contribution in [0.1, 0.15) is 52.9 Å². The molecule has 0 radical (unpaired) electrons. The first kappa shape index (κ1) is 23.9. The summed E-state index contributed by atoms with van der Waals surface area (Å²) in [5, 5.41) is 10.8. The Bertz CT molecular complexity index is 1180. The second-order valence-electron chi connectivity index (χ2n) is 9.01. The van der Waals surface area contributed by atoms with Crippen LogP contribution >= 0.6 is 0 Å². The number of anilines is 1. The van der Waals surface area contributed by atoms with Crippen LogP contribution in [0.3, 0.4) is 0 Å². The van der Waals surface area contributed by atoms with Crippen molar-refractivity contribution in [2.45, 2.75) is 51.4 Å². The average Bonchev–Trinajstić information content (AvgIpc) is 2.78. The number of hydrogen-bond donors (Lipinski definition) is 2. The lowest BCUT2D eigenvalue weighted by atomic mass is 9.87. The number of aromatic nitrogens is 2. The molecule has 2 aromatic heterocycles. The number of rotatable bonds is 5. The quantitative estimate of drug-likeness (QED) is 0.560. The molecule has 0 aliphatic heterocycles. The van der Waals surface area contributed by atoms with Gasteiger partial charge in [0.05, 0.1) is 29.4 Å². The van der Waals surface area contributed by atoms with Crippen molar-refractivity contribution < 1.29 is 23.1 Å². The first-order valence-electron chi connectivity index (χ1n) is 11.3. The Morgan fingerprint density at radius 1 is 1.21 bits per heavy atom. The fourth-order valence-corrected chi connectivity index (χ4v) is 4.45. The number of carbonyl (C=O) groups excluding carboxylic acids is 1. The minimum absolute atomic E-state index is 0.0701. The highest BCUT2D eigenvalue weighted by Gasteiger charge is 2.31. The third kappa shape index (κ3) is 5.47. The molecule has 180 valence electrons. The lowest BCUT2D eigenvalue weighted by molar-refractivity contribution is -0.137. The number of aryl methyl sites for hydroxylation is 1. The number of nitrogens with two attached hydrogens (primary N) is 1. The number of pyridine rings is 2. The van der Waals surface area contributed by atoms with Gasteiger partial charge < -0.3 is 15.7 Å². The molecule has 1 aliphatic carbocycles. The molecule has 0 spiro atoms. The van der Waals surface area contributed by atoms with E-state index in [1.54, 1.807) is 23.1 Å². The van der Waals surface area contributed by atoms with Crippen LogP contribution < -0.4 is 5.73 Å². The van der Waals surface area contributed by atoms with E-state index < -0.39 is 17.8 Å². The Labute approximate surface area is 195 Å². The van der Waals surface area contributed by atoms with Crippen LogP contribution in [-0.2, 0) is 12.7 Å². The van der Waals surface area contributed by atoms with Crippen molar-refractivity contribution in [3.8, 4) is 0 Å². The zero-order valence-corrected chi connectivity index (χ0v) is 18.8. The number of carbonyl (C=O) groups is 1. The number of fused-ring (bicyclic) bond motifs is 1. The van der Waals surface area contributed by atoms with E-state index in [2.05, 4.69) is 9.97 Å². The topological polar surface area (TPSA) is 92.3 Å². The summed E-state index contributed by atoms with van der Waals surface area (Å²) in [5.41, 5.74) is 7.34. The summed E-state index contributed by atoms with van der Waals surface area (Å²) in [6.45, 7) is 2.30.